The molecule has 1 heterocycles. The summed E-state index contributed by atoms with van der Waals surface area (Å²) in [6, 6.07) is 4.79. The average molecular weight is 264 g/mol. The Bertz CT molecular complexity index is 501. The van der Waals surface area contributed by atoms with Crippen molar-refractivity contribution in [3.63, 3.8) is 0 Å². The SMILES string of the molecule is COCCNC(=O)N1Cc2ccc(C(=O)O)cc2C1. The molecule has 6 heteroatoms. The van der Waals surface area contributed by atoms with Crippen molar-refractivity contribution in [2.75, 3.05) is 20.3 Å². The van der Waals surface area contributed by atoms with Gasteiger partial charge in [-0.05, 0) is 23.3 Å². The van der Waals surface area contributed by atoms with Gasteiger partial charge in [0.1, 0.15) is 0 Å². The quantitative estimate of drug-likeness (QED) is 0.797. The minimum absolute atomic E-state index is 0.162. The number of carboxylic acids is 1. The van der Waals surface area contributed by atoms with Gasteiger partial charge in [-0.1, -0.05) is 6.07 Å². The molecule has 0 aromatic heterocycles. The van der Waals surface area contributed by atoms with Crippen LogP contribution in [-0.2, 0) is 17.8 Å². The number of fused-ring (bicyclic) bond motifs is 1. The molecule has 102 valence electrons. The fourth-order valence-corrected chi connectivity index (χ4v) is 2.04. The highest BCUT2D eigenvalue weighted by molar-refractivity contribution is 5.88. The second-order valence-corrected chi connectivity index (χ2v) is 4.37. The molecule has 1 aliphatic heterocycles. The summed E-state index contributed by atoms with van der Waals surface area (Å²) < 4.78 is 4.86. The predicted molar refractivity (Wildman–Crippen MR) is 67.9 cm³/mol. The Balaban J connectivity index is 1.99. The van der Waals surface area contributed by atoms with E-state index in [0.29, 0.717) is 26.2 Å². The summed E-state index contributed by atoms with van der Waals surface area (Å²) >= 11 is 0. The zero-order chi connectivity index (χ0) is 13.8. The van der Waals surface area contributed by atoms with Gasteiger partial charge >= 0.3 is 12.0 Å². The Morgan fingerprint density at radius 1 is 1.37 bits per heavy atom. The van der Waals surface area contributed by atoms with Gasteiger partial charge in [0.05, 0.1) is 12.2 Å². The van der Waals surface area contributed by atoms with Crippen molar-refractivity contribution in [1.29, 1.82) is 0 Å². The Morgan fingerprint density at radius 2 is 2.11 bits per heavy atom. The normalized spacial score (nSPS) is 13.2. The lowest BCUT2D eigenvalue weighted by atomic mass is 10.1. The van der Waals surface area contributed by atoms with E-state index in [1.807, 2.05) is 0 Å². The van der Waals surface area contributed by atoms with Gasteiger partial charge in [-0.15, -0.1) is 0 Å². The van der Waals surface area contributed by atoms with Crippen LogP contribution in [0.4, 0.5) is 4.79 Å². The highest BCUT2D eigenvalue weighted by atomic mass is 16.5. The van der Waals surface area contributed by atoms with Crippen LogP contribution < -0.4 is 5.32 Å². The summed E-state index contributed by atoms with van der Waals surface area (Å²) in [5.41, 5.74) is 2.13. The van der Waals surface area contributed by atoms with Crippen LogP contribution in [0.5, 0.6) is 0 Å². The first-order valence-corrected chi connectivity index (χ1v) is 5.98. The van der Waals surface area contributed by atoms with Crippen molar-refractivity contribution in [3.8, 4) is 0 Å². The molecule has 0 saturated heterocycles. The summed E-state index contributed by atoms with van der Waals surface area (Å²) in [5.74, 6) is -0.953. The lowest BCUT2D eigenvalue weighted by Gasteiger charge is -2.16. The van der Waals surface area contributed by atoms with Crippen molar-refractivity contribution < 1.29 is 19.4 Å². The molecule has 2 N–H and O–H groups in total. The molecule has 1 aliphatic rings. The maximum absolute atomic E-state index is 11.9. The van der Waals surface area contributed by atoms with Crippen LogP contribution in [0.1, 0.15) is 21.5 Å². The van der Waals surface area contributed by atoms with Gasteiger partial charge in [-0.2, -0.15) is 0 Å². The van der Waals surface area contributed by atoms with Crippen LogP contribution in [0.2, 0.25) is 0 Å². The lowest BCUT2D eigenvalue weighted by Crippen LogP contribution is -2.38. The molecule has 0 radical (unpaired) electrons. The van der Waals surface area contributed by atoms with Crippen LogP contribution in [0.3, 0.4) is 0 Å². The number of hydrogen-bond donors (Lipinski definition) is 2. The number of methoxy groups -OCH3 is 1. The first kappa shape index (κ1) is 13.4. The van der Waals surface area contributed by atoms with Crippen LogP contribution >= 0.6 is 0 Å². The molecule has 1 aromatic rings. The zero-order valence-electron chi connectivity index (χ0n) is 10.7. The Hall–Kier alpha value is -2.08. The van der Waals surface area contributed by atoms with Gasteiger partial charge < -0.3 is 20.1 Å². The molecule has 6 nitrogen and oxygen atoms in total. The van der Waals surface area contributed by atoms with Crippen molar-refractivity contribution in [1.82, 2.24) is 10.2 Å². The molecule has 0 bridgehead atoms. The molecule has 0 atom stereocenters. The molecule has 2 amide bonds. The molecule has 0 aliphatic carbocycles. The number of ether oxygens (including phenoxy) is 1. The van der Waals surface area contributed by atoms with E-state index in [0.717, 1.165) is 11.1 Å². The Labute approximate surface area is 111 Å². The summed E-state index contributed by atoms with van der Waals surface area (Å²) in [6.45, 7) is 1.88. The second kappa shape index (κ2) is 5.71. The zero-order valence-corrected chi connectivity index (χ0v) is 10.7. The van der Waals surface area contributed by atoms with Crippen molar-refractivity contribution in [3.05, 3.63) is 34.9 Å². The van der Waals surface area contributed by atoms with Crippen molar-refractivity contribution >= 4 is 12.0 Å². The minimum Gasteiger partial charge on any atom is -0.478 e. The number of amides is 2. The summed E-state index contributed by atoms with van der Waals surface area (Å²) in [5, 5.41) is 11.7. The standard InChI is InChI=1S/C13H16N2O4/c1-19-5-4-14-13(18)15-7-10-3-2-9(12(16)17)6-11(10)8-15/h2-3,6H,4-5,7-8H2,1H3,(H,14,18)(H,16,17). The molecular formula is C13H16N2O4. The number of hydrogen-bond acceptors (Lipinski definition) is 3. The van der Waals surface area contributed by atoms with E-state index in [-0.39, 0.29) is 11.6 Å². The third-order valence-corrected chi connectivity index (χ3v) is 3.05. The molecule has 0 unspecified atom stereocenters. The average Bonchev–Trinajstić information content (AvgIpc) is 2.81. The fourth-order valence-electron chi connectivity index (χ4n) is 2.04. The molecular weight excluding hydrogens is 248 g/mol. The number of urea groups is 1. The summed E-state index contributed by atoms with van der Waals surface area (Å²) in [7, 11) is 1.57. The van der Waals surface area contributed by atoms with E-state index in [1.165, 1.54) is 0 Å². The highest BCUT2D eigenvalue weighted by Gasteiger charge is 2.23. The van der Waals surface area contributed by atoms with Gasteiger partial charge in [0.15, 0.2) is 0 Å². The van der Waals surface area contributed by atoms with Crippen molar-refractivity contribution in [2.45, 2.75) is 13.1 Å². The Kier molecular flexibility index (Phi) is 4.01. The maximum Gasteiger partial charge on any atom is 0.335 e. The van der Waals surface area contributed by atoms with Gasteiger partial charge in [-0.25, -0.2) is 9.59 Å². The van der Waals surface area contributed by atoms with E-state index in [1.54, 1.807) is 30.2 Å². The number of carboxylic acid groups (broad SMARTS) is 1. The largest absolute Gasteiger partial charge is 0.478 e. The molecule has 2 rings (SSSR count). The highest BCUT2D eigenvalue weighted by Crippen LogP contribution is 2.23. The fraction of sp³-hybridized carbons (Fsp3) is 0.385. The molecule has 1 aromatic carbocycles. The molecule has 19 heavy (non-hydrogen) atoms. The van der Waals surface area contributed by atoms with Gasteiger partial charge in [0, 0.05) is 26.7 Å². The third-order valence-electron chi connectivity index (χ3n) is 3.05. The number of benzene rings is 1. The molecule has 0 spiro atoms. The summed E-state index contributed by atoms with van der Waals surface area (Å²) in [4.78, 5) is 24.4. The van der Waals surface area contributed by atoms with E-state index >= 15 is 0 Å². The van der Waals surface area contributed by atoms with Crippen LogP contribution in [0.25, 0.3) is 0 Å². The number of nitrogens with zero attached hydrogens (tertiary/aromatic N) is 1. The van der Waals surface area contributed by atoms with Gasteiger partial charge in [0.25, 0.3) is 0 Å². The van der Waals surface area contributed by atoms with E-state index in [2.05, 4.69) is 5.32 Å². The number of aromatic carboxylic acids is 1. The number of nitrogens with one attached hydrogen (secondary N) is 1. The first-order chi connectivity index (χ1) is 9.11. The monoisotopic (exact) mass is 264 g/mol. The van der Waals surface area contributed by atoms with Crippen LogP contribution in [0, 0.1) is 0 Å². The van der Waals surface area contributed by atoms with Crippen molar-refractivity contribution in [2.24, 2.45) is 0 Å². The Morgan fingerprint density at radius 3 is 2.79 bits per heavy atom. The molecule has 0 fully saturated rings. The lowest BCUT2D eigenvalue weighted by molar-refractivity contribution is 0.0696. The third kappa shape index (κ3) is 3.03. The number of carbonyl (C=O) groups is 2. The second-order valence-electron chi connectivity index (χ2n) is 4.37. The van der Waals surface area contributed by atoms with Gasteiger partial charge in [-0.3, -0.25) is 0 Å². The predicted octanol–water partition coefficient (Wildman–Crippen LogP) is 1.06. The topological polar surface area (TPSA) is 78.9 Å². The maximum atomic E-state index is 11.9. The van der Waals surface area contributed by atoms with E-state index < -0.39 is 5.97 Å². The smallest absolute Gasteiger partial charge is 0.335 e. The number of rotatable bonds is 4. The van der Waals surface area contributed by atoms with E-state index in [4.69, 9.17) is 9.84 Å². The van der Waals surface area contributed by atoms with E-state index in [9.17, 15) is 9.59 Å². The summed E-state index contributed by atoms with van der Waals surface area (Å²) in [6.07, 6.45) is 0. The number of carbonyl (C=O) groups excluding carboxylic acids is 1. The minimum atomic E-state index is -0.953. The van der Waals surface area contributed by atoms with Crippen LogP contribution in [-0.4, -0.2) is 42.3 Å². The van der Waals surface area contributed by atoms with Crippen LogP contribution in [0.15, 0.2) is 18.2 Å². The first-order valence-electron chi connectivity index (χ1n) is 5.98. The molecule has 0 saturated carbocycles. The van der Waals surface area contributed by atoms with Gasteiger partial charge in [0.2, 0.25) is 0 Å².